The molecule has 1 amide bonds. The van der Waals surface area contributed by atoms with Gasteiger partial charge in [-0.05, 0) is 91.6 Å². The Bertz CT molecular complexity index is 1540. The second-order valence-corrected chi connectivity index (χ2v) is 12.8. The fourth-order valence-electron chi connectivity index (χ4n) is 7.45. The number of ether oxygens (including phenoxy) is 2. The number of hydrogen-bond donors (Lipinski definition) is 2. The average molecular weight is 647 g/mol. The summed E-state index contributed by atoms with van der Waals surface area (Å²) in [7, 11) is 0. The van der Waals surface area contributed by atoms with Gasteiger partial charge in [-0.1, -0.05) is 57.0 Å². The van der Waals surface area contributed by atoms with E-state index >= 15 is 0 Å². The van der Waals surface area contributed by atoms with Crippen molar-refractivity contribution in [3.05, 3.63) is 88.7 Å². The molecule has 0 radical (unpaired) electrons. The summed E-state index contributed by atoms with van der Waals surface area (Å²) in [6.07, 6.45) is 5.34. The number of benzene rings is 3. The van der Waals surface area contributed by atoms with E-state index in [0.717, 1.165) is 42.4 Å². The first-order valence-electron chi connectivity index (χ1n) is 16.9. The molecular formula is C38H47FN2O6. The molecule has 3 aromatic rings. The highest BCUT2D eigenvalue weighted by molar-refractivity contribution is 5.95. The fraction of sp³-hybridized carbons (Fsp3) is 0.474. The van der Waals surface area contributed by atoms with Crippen LogP contribution in [0, 0.1) is 18.7 Å². The summed E-state index contributed by atoms with van der Waals surface area (Å²) in [4.78, 5) is 31.4. The molecule has 0 saturated carbocycles. The Hall–Kier alpha value is -3.95. The lowest BCUT2D eigenvalue weighted by atomic mass is 9.83. The Morgan fingerprint density at radius 3 is 2.40 bits per heavy atom. The number of aliphatic hydroxyl groups excluding tert-OH is 1. The van der Waals surface area contributed by atoms with E-state index in [1.54, 1.807) is 19.1 Å². The summed E-state index contributed by atoms with van der Waals surface area (Å²) in [6.45, 7) is 6.40. The van der Waals surface area contributed by atoms with Crippen LogP contribution in [0.5, 0.6) is 11.5 Å². The van der Waals surface area contributed by atoms with Gasteiger partial charge in [0.1, 0.15) is 5.82 Å². The first-order chi connectivity index (χ1) is 22.7. The summed E-state index contributed by atoms with van der Waals surface area (Å²) in [5, 5.41) is 20.5. The zero-order valence-electron chi connectivity index (χ0n) is 27.7. The maximum Gasteiger partial charge on any atom is 0.308 e. The highest BCUT2D eigenvalue weighted by Crippen LogP contribution is 2.43. The standard InChI is InChI=1S/C38H47FN2O6/c1-4-9-29(10-5-2)41(30-16-17-32(39)25(3)19-30)36(43)22-40-21-31(27-15-18-34-35(20-27)47-24-46-34)37(38(44)45)33(40)14-8-13-26-11-6-7-12-28(26)23-42/h6-7,11-12,15-20,29,31,33,37,42H,4-5,8-10,13-14,21-24H2,1-3H3,(H,44,45)/t31-,33+,37-/m1/s1. The zero-order chi connectivity index (χ0) is 33.5. The molecule has 0 unspecified atom stereocenters. The summed E-state index contributed by atoms with van der Waals surface area (Å²) in [5.41, 5.74) is 3.88. The van der Waals surface area contributed by atoms with Crippen molar-refractivity contribution in [2.75, 3.05) is 24.8 Å². The van der Waals surface area contributed by atoms with Gasteiger partial charge >= 0.3 is 5.97 Å². The van der Waals surface area contributed by atoms with Gasteiger partial charge in [-0.15, -0.1) is 0 Å². The van der Waals surface area contributed by atoms with Gasteiger partial charge in [-0.2, -0.15) is 0 Å². The molecule has 2 aliphatic heterocycles. The van der Waals surface area contributed by atoms with Gasteiger partial charge < -0.3 is 24.6 Å². The number of rotatable bonds is 15. The second-order valence-electron chi connectivity index (χ2n) is 12.8. The van der Waals surface area contributed by atoms with Crippen molar-refractivity contribution in [3.8, 4) is 11.5 Å². The minimum Gasteiger partial charge on any atom is -0.481 e. The van der Waals surface area contributed by atoms with Gasteiger partial charge in [-0.25, -0.2) is 4.39 Å². The van der Waals surface area contributed by atoms with Crippen molar-refractivity contribution in [1.29, 1.82) is 0 Å². The Kier molecular flexibility index (Phi) is 11.5. The molecule has 1 fully saturated rings. The number of likely N-dealkylation sites (tertiary alicyclic amines) is 1. The molecule has 2 N–H and O–H groups in total. The molecule has 3 atom stereocenters. The average Bonchev–Trinajstić information content (AvgIpc) is 3.67. The Morgan fingerprint density at radius 1 is 1.00 bits per heavy atom. The number of carboxylic acid groups (broad SMARTS) is 1. The largest absolute Gasteiger partial charge is 0.481 e. The monoisotopic (exact) mass is 646 g/mol. The number of hydrogen-bond acceptors (Lipinski definition) is 6. The van der Waals surface area contributed by atoms with Gasteiger partial charge in [0, 0.05) is 30.2 Å². The highest BCUT2D eigenvalue weighted by atomic mass is 19.1. The quantitative estimate of drug-likeness (QED) is 0.186. The summed E-state index contributed by atoms with van der Waals surface area (Å²) in [6, 6.07) is 17.7. The van der Waals surface area contributed by atoms with E-state index < -0.39 is 17.9 Å². The maximum atomic E-state index is 14.5. The van der Waals surface area contributed by atoms with Crippen molar-refractivity contribution in [3.63, 3.8) is 0 Å². The van der Waals surface area contributed by atoms with Crippen molar-refractivity contribution in [2.24, 2.45) is 5.92 Å². The van der Waals surface area contributed by atoms with Crippen LogP contribution in [0.3, 0.4) is 0 Å². The molecule has 5 rings (SSSR count). The van der Waals surface area contributed by atoms with E-state index in [0.29, 0.717) is 48.6 Å². The molecule has 0 bridgehead atoms. The molecule has 252 valence electrons. The van der Waals surface area contributed by atoms with Crippen LogP contribution < -0.4 is 14.4 Å². The number of carboxylic acids is 1. The number of carbonyl (C=O) groups excluding carboxylic acids is 1. The molecule has 8 nitrogen and oxygen atoms in total. The van der Waals surface area contributed by atoms with Crippen LogP contribution in [0.1, 0.15) is 80.5 Å². The third kappa shape index (κ3) is 7.79. The summed E-state index contributed by atoms with van der Waals surface area (Å²) >= 11 is 0. The number of halogens is 1. The second kappa shape index (κ2) is 15.8. The molecule has 0 aromatic heterocycles. The molecule has 47 heavy (non-hydrogen) atoms. The number of anilines is 1. The van der Waals surface area contributed by atoms with Gasteiger partial charge in [-0.3, -0.25) is 14.5 Å². The van der Waals surface area contributed by atoms with Gasteiger partial charge in [0.15, 0.2) is 11.5 Å². The number of carbonyl (C=O) groups is 2. The van der Waals surface area contributed by atoms with Gasteiger partial charge in [0.2, 0.25) is 12.7 Å². The molecule has 1 saturated heterocycles. The van der Waals surface area contributed by atoms with Crippen molar-refractivity contribution in [1.82, 2.24) is 4.90 Å². The van der Waals surface area contributed by atoms with E-state index in [2.05, 4.69) is 13.8 Å². The number of amides is 1. The SMILES string of the molecule is CCCC(CCC)N(C(=O)CN1C[C@H](c2ccc3c(c2)OCO3)[C@@H](C(=O)O)[C@@H]1CCCc1ccccc1CO)c1ccc(F)c(C)c1. The van der Waals surface area contributed by atoms with Crippen LogP contribution in [0.15, 0.2) is 60.7 Å². The maximum absolute atomic E-state index is 14.5. The Labute approximate surface area is 277 Å². The molecule has 0 aliphatic carbocycles. The van der Waals surface area contributed by atoms with E-state index in [-0.39, 0.29) is 43.6 Å². The van der Waals surface area contributed by atoms with Crippen LogP contribution in [0.25, 0.3) is 0 Å². The third-order valence-corrected chi connectivity index (χ3v) is 9.73. The smallest absolute Gasteiger partial charge is 0.308 e. The fourth-order valence-corrected chi connectivity index (χ4v) is 7.45. The van der Waals surface area contributed by atoms with Crippen molar-refractivity contribution >= 4 is 17.6 Å². The molecular weight excluding hydrogens is 599 g/mol. The molecule has 9 heteroatoms. The topological polar surface area (TPSA) is 99.5 Å². The lowest BCUT2D eigenvalue weighted by Gasteiger charge is -2.35. The predicted octanol–water partition coefficient (Wildman–Crippen LogP) is 6.85. The number of fused-ring (bicyclic) bond motifs is 1. The third-order valence-electron chi connectivity index (χ3n) is 9.73. The van der Waals surface area contributed by atoms with Gasteiger partial charge in [0.05, 0.1) is 19.1 Å². The first-order valence-corrected chi connectivity index (χ1v) is 16.9. The normalized spacial score (nSPS) is 19.0. The summed E-state index contributed by atoms with van der Waals surface area (Å²) in [5.74, 6) is -1.22. The molecule has 2 heterocycles. The zero-order valence-corrected chi connectivity index (χ0v) is 27.7. The van der Waals surface area contributed by atoms with E-state index in [1.807, 2.05) is 52.3 Å². The van der Waals surface area contributed by atoms with Crippen LogP contribution in [0.2, 0.25) is 0 Å². The molecule has 2 aliphatic rings. The van der Waals surface area contributed by atoms with E-state index in [4.69, 9.17) is 9.47 Å². The number of nitrogens with zero attached hydrogens (tertiary/aromatic N) is 2. The molecule has 3 aromatic carbocycles. The Balaban J connectivity index is 1.47. The van der Waals surface area contributed by atoms with E-state index in [9.17, 15) is 24.2 Å². The predicted molar refractivity (Wildman–Crippen MR) is 179 cm³/mol. The van der Waals surface area contributed by atoms with Crippen molar-refractivity contribution < 1.29 is 33.7 Å². The van der Waals surface area contributed by atoms with Crippen molar-refractivity contribution in [2.45, 2.75) is 90.3 Å². The summed E-state index contributed by atoms with van der Waals surface area (Å²) < 4.78 is 25.5. The minimum absolute atomic E-state index is 0.0447. The minimum atomic E-state index is -0.899. The number of aliphatic carboxylic acids is 1. The lowest BCUT2D eigenvalue weighted by Crippen LogP contribution is -2.48. The Morgan fingerprint density at radius 2 is 1.72 bits per heavy atom. The lowest BCUT2D eigenvalue weighted by molar-refractivity contribution is -0.143. The van der Waals surface area contributed by atoms with Gasteiger partial charge in [0.25, 0.3) is 0 Å². The van der Waals surface area contributed by atoms with Crippen LogP contribution in [-0.4, -0.2) is 59.0 Å². The number of aryl methyl sites for hydroxylation is 2. The van der Waals surface area contributed by atoms with Crippen LogP contribution in [0.4, 0.5) is 10.1 Å². The van der Waals surface area contributed by atoms with E-state index in [1.165, 1.54) is 6.07 Å². The molecule has 0 spiro atoms. The van der Waals surface area contributed by atoms with Crippen LogP contribution in [-0.2, 0) is 22.6 Å². The first kappa shape index (κ1) is 34.4. The number of aliphatic hydroxyl groups is 1. The highest BCUT2D eigenvalue weighted by Gasteiger charge is 2.47. The van der Waals surface area contributed by atoms with Crippen LogP contribution >= 0.6 is 0 Å².